The molecule has 1 aliphatic heterocycles. The molecule has 3 nitrogen and oxygen atoms in total. The number of nitrogens with one attached hydrogen (secondary N) is 2. The SMILES string of the molecule is NCC1(Nc2cccc(Cl)c2)CCNC1. The van der Waals surface area contributed by atoms with Gasteiger partial charge in [0, 0.05) is 23.8 Å². The van der Waals surface area contributed by atoms with Crippen LogP contribution in [0.1, 0.15) is 6.42 Å². The van der Waals surface area contributed by atoms with E-state index in [9.17, 15) is 0 Å². The van der Waals surface area contributed by atoms with Crippen molar-refractivity contribution in [3.63, 3.8) is 0 Å². The predicted octanol–water partition coefficient (Wildman–Crippen LogP) is 1.44. The van der Waals surface area contributed by atoms with E-state index in [-0.39, 0.29) is 5.54 Å². The van der Waals surface area contributed by atoms with Crippen LogP contribution in [0.5, 0.6) is 0 Å². The van der Waals surface area contributed by atoms with Gasteiger partial charge in [-0.05, 0) is 31.2 Å². The van der Waals surface area contributed by atoms with Crippen molar-refractivity contribution in [3.8, 4) is 0 Å². The summed E-state index contributed by atoms with van der Waals surface area (Å²) in [5.41, 5.74) is 6.85. The minimum atomic E-state index is -0.00924. The second-order valence-electron chi connectivity index (χ2n) is 4.05. The van der Waals surface area contributed by atoms with E-state index in [1.807, 2.05) is 24.3 Å². The first kappa shape index (κ1) is 10.7. The lowest BCUT2D eigenvalue weighted by atomic mass is 9.98. The van der Waals surface area contributed by atoms with E-state index in [2.05, 4.69) is 10.6 Å². The largest absolute Gasteiger partial charge is 0.377 e. The lowest BCUT2D eigenvalue weighted by Crippen LogP contribution is -2.47. The van der Waals surface area contributed by atoms with Crippen LogP contribution in [0.2, 0.25) is 5.02 Å². The fraction of sp³-hybridized carbons (Fsp3) is 0.455. The molecule has 15 heavy (non-hydrogen) atoms. The molecular formula is C11H16ClN3. The highest BCUT2D eigenvalue weighted by atomic mass is 35.5. The van der Waals surface area contributed by atoms with Gasteiger partial charge in [-0.3, -0.25) is 0 Å². The van der Waals surface area contributed by atoms with Crippen LogP contribution in [0, 0.1) is 0 Å². The van der Waals surface area contributed by atoms with Crippen LogP contribution >= 0.6 is 11.6 Å². The Labute approximate surface area is 95.0 Å². The van der Waals surface area contributed by atoms with Crippen LogP contribution < -0.4 is 16.4 Å². The zero-order valence-corrected chi connectivity index (χ0v) is 9.35. The highest BCUT2D eigenvalue weighted by Gasteiger charge is 2.31. The summed E-state index contributed by atoms with van der Waals surface area (Å²) in [6, 6.07) is 7.75. The average Bonchev–Trinajstić information content (AvgIpc) is 2.67. The molecule has 1 aromatic rings. The molecule has 1 atom stereocenters. The highest BCUT2D eigenvalue weighted by molar-refractivity contribution is 6.30. The minimum absolute atomic E-state index is 0.00924. The molecule has 0 amide bonds. The van der Waals surface area contributed by atoms with Crippen molar-refractivity contribution in [2.45, 2.75) is 12.0 Å². The Morgan fingerprint density at radius 1 is 1.53 bits per heavy atom. The molecule has 0 aromatic heterocycles. The van der Waals surface area contributed by atoms with Crippen LogP contribution in [-0.2, 0) is 0 Å². The molecule has 1 saturated heterocycles. The molecular weight excluding hydrogens is 210 g/mol. The van der Waals surface area contributed by atoms with Crippen molar-refractivity contribution < 1.29 is 0 Å². The first-order valence-electron chi connectivity index (χ1n) is 5.19. The van der Waals surface area contributed by atoms with E-state index < -0.39 is 0 Å². The van der Waals surface area contributed by atoms with Gasteiger partial charge < -0.3 is 16.4 Å². The van der Waals surface area contributed by atoms with Crippen molar-refractivity contribution >= 4 is 17.3 Å². The molecule has 1 heterocycles. The van der Waals surface area contributed by atoms with E-state index in [1.165, 1.54) is 0 Å². The normalized spacial score (nSPS) is 25.5. The molecule has 0 aliphatic carbocycles. The predicted molar refractivity (Wildman–Crippen MR) is 64.3 cm³/mol. The van der Waals surface area contributed by atoms with Crippen LogP contribution in [0.4, 0.5) is 5.69 Å². The topological polar surface area (TPSA) is 50.1 Å². The van der Waals surface area contributed by atoms with Gasteiger partial charge >= 0.3 is 0 Å². The molecule has 1 unspecified atom stereocenters. The van der Waals surface area contributed by atoms with E-state index in [4.69, 9.17) is 17.3 Å². The Bertz CT molecular complexity index is 334. The second kappa shape index (κ2) is 4.39. The summed E-state index contributed by atoms with van der Waals surface area (Å²) >= 11 is 5.93. The summed E-state index contributed by atoms with van der Waals surface area (Å²) in [7, 11) is 0. The lowest BCUT2D eigenvalue weighted by molar-refractivity contribution is 0.523. The van der Waals surface area contributed by atoms with Gasteiger partial charge in [-0.2, -0.15) is 0 Å². The Balaban J connectivity index is 2.12. The smallest absolute Gasteiger partial charge is 0.0631 e. The van der Waals surface area contributed by atoms with Crippen LogP contribution in [-0.4, -0.2) is 25.2 Å². The summed E-state index contributed by atoms with van der Waals surface area (Å²) in [5.74, 6) is 0. The van der Waals surface area contributed by atoms with Crippen LogP contribution in [0.3, 0.4) is 0 Å². The lowest BCUT2D eigenvalue weighted by Gasteiger charge is -2.29. The number of hydrogen-bond donors (Lipinski definition) is 3. The molecule has 4 heteroatoms. The zero-order valence-electron chi connectivity index (χ0n) is 8.59. The molecule has 4 N–H and O–H groups in total. The molecule has 0 spiro atoms. The molecule has 1 fully saturated rings. The maximum atomic E-state index is 5.93. The minimum Gasteiger partial charge on any atom is -0.377 e. The maximum Gasteiger partial charge on any atom is 0.0631 e. The monoisotopic (exact) mass is 225 g/mol. The third-order valence-corrected chi connectivity index (χ3v) is 3.10. The average molecular weight is 226 g/mol. The van der Waals surface area contributed by atoms with Gasteiger partial charge in [-0.15, -0.1) is 0 Å². The van der Waals surface area contributed by atoms with Gasteiger partial charge in [0.15, 0.2) is 0 Å². The molecule has 0 radical (unpaired) electrons. The van der Waals surface area contributed by atoms with Gasteiger partial charge in [0.25, 0.3) is 0 Å². The van der Waals surface area contributed by atoms with Crippen LogP contribution in [0.25, 0.3) is 0 Å². The summed E-state index contributed by atoms with van der Waals surface area (Å²) < 4.78 is 0. The molecule has 2 rings (SSSR count). The number of anilines is 1. The number of hydrogen-bond acceptors (Lipinski definition) is 3. The van der Waals surface area contributed by atoms with Crippen molar-refractivity contribution in [1.82, 2.24) is 5.32 Å². The van der Waals surface area contributed by atoms with Gasteiger partial charge in [0.05, 0.1) is 5.54 Å². The molecule has 82 valence electrons. The summed E-state index contributed by atoms with van der Waals surface area (Å²) in [5, 5.41) is 7.54. The fourth-order valence-corrected chi connectivity index (χ4v) is 2.14. The van der Waals surface area contributed by atoms with Crippen molar-refractivity contribution in [2.24, 2.45) is 5.73 Å². The standard InChI is InChI=1S/C11H16ClN3/c12-9-2-1-3-10(6-9)15-11(7-13)4-5-14-8-11/h1-3,6,14-15H,4-5,7-8,13H2. The Morgan fingerprint density at radius 2 is 2.40 bits per heavy atom. The Morgan fingerprint density at radius 3 is 3.00 bits per heavy atom. The third kappa shape index (κ3) is 2.43. The summed E-state index contributed by atoms with van der Waals surface area (Å²) in [4.78, 5) is 0. The van der Waals surface area contributed by atoms with Crippen LogP contribution in [0.15, 0.2) is 24.3 Å². The van der Waals surface area contributed by atoms with Gasteiger partial charge in [0.1, 0.15) is 0 Å². The Hall–Kier alpha value is -0.770. The maximum absolute atomic E-state index is 5.93. The van der Waals surface area contributed by atoms with Gasteiger partial charge in [-0.25, -0.2) is 0 Å². The molecule has 1 aliphatic rings. The Kier molecular flexibility index (Phi) is 3.14. The third-order valence-electron chi connectivity index (χ3n) is 2.87. The van der Waals surface area contributed by atoms with Crippen molar-refractivity contribution in [3.05, 3.63) is 29.3 Å². The quantitative estimate of drug-likeness (QED) is 0.730. The van der Waals surface area contributed by atoms with Crippen molar-refractivity contribution in [2.75, 3.05) is 25.0 Å². The van der Waals surface area contributed by atoms with E-state index in [1.54, 1.807) is 0 Å². The number of rotatable bonds is 3. The highest BCUT2D eigenvalue weighted by Crippen LogP contribution is 2.22. The summed E-state index contributed by atoms with van der Waals surface area (Å²) in [6.07, 6.45) is 1.05. The van der Waals surface area contributed by atoms with E-state index in [0.29, 0.717) is 6.54 Å². The molecule has 0 saturated carbocycles. The van der Waals surface area contributed by atoms with E-state index in [0.717, 1.165) is 30.2 Å². The second-order valence-corrected chi connectivity index (χ2v) is 4.48. The van der Waals surface area contributed by atoms with E-state index >= 15 is 0 Å². The number of benzene rings is 1. The number of halogens is 1. The first-order chi connectivity index (χ1) is 7.24. The molecule has 1 aromatic carbocycles. The zero-order chi connectivity index (χ0) is 10.7. The fourth-order valence-electron chi connectivity index (χ4n) is 1.95. The van der Waals surface area contributed by atoms with Gasteiger partial charge in [-0.1, -0.05) is 17.7 Å². The molecule has 0 bridgehead atoms. The van der Waals surface area contributed by atoms with Crippen molar-refractivity contribution in [1.29, 1.82) is 0 Å². The number of nitrogens with two attached hydrogens (primary N) is 1. The summed E-state index contributed by atoms with van der Waals surface area (Å²) in [6.45, 7) is 2.56. The first-order valence-corrected chi connectivity index (χ1v) is 5.56. The van der Waals surface area contributed by atoms with Gasteiger partial charge in [0.2, 0.25) is 0 Å².